The molecule has 0 bridgehead atoms. The van der Waals surface area contributed by atoms with E-state index in [0.717, 1.165) is 12.2 Å². The molecule has 0 radical (unpaired) electrons. The number of nitrogens with zero attached hydrogens (tertiary/aromatic N) is 4. The number of nitrogens with one attached hydrogen (secondary N) is 1. The summed E-state index contributed by atoms with van der Waals surface area (Å²) in [6, 6.07) is 8.72. The summed E-state index contributed by atoms with van der Waals surface area (Å²) in [4.78, 5) is 1.48. The van der Waals surface area contributed by atoms with Crippen molar-refractivity contribution in [2.45, 2.75) is 19.4 Å². The third kappa shape index (κ3) is 2.88. The fourth-order valence-electron chi connectivity index (χ4n) is 1.77. The quantitative estimate of drug-likeness (QED) is 0.853. The number of benzene rings is 1. The van der Waals surface area contributed by atoms with Crippen LogP contribution in [0.15, 0.2) is 24.3 Å². The van der Waals surface area contributed by atoms with E-state index in [4.69, 9.17) is 0 Å². The van der Waals surface area contributed by atoms with Gasteiger partial charge in [0.15, 0.2) is 5.82 Å². The summed E-state index contributed by atoms with van der Waals surface area (Å²) in [5.74, 6) is 0.757. The molecule has 1 heterocycles. The Kier molecular flexibility index (Phi) is 3.49. The molecule has 0 aliphatic heterocycles. The molecule has 0 aliphatic carbocycles. The number of likely N-dealkylation sites (N-methyl/N-ethyl adjacent to an activating group) is 1. The number of hydrogen-bond acceptors (Lipinski definition) is 4. The van der Waals surface area contributed by atoms with E-state index < -0.39 is 0 Å². The molecular formula is C12H17N5. The van der Waals surface area contributed by atoms with Gasteiger partial charge in [0, 0.05) is 12.5 Å². The largest absolute Gasteiger partial charge is 0.313 e. The second-order valence-electron chi connectivity index (χ2n) is 4.15. The molecule has 0 amide bonds. The lowest BCUT2D eigenvalue weighted by Gasteiger charge is -2.14. The van der Waals surface area contributed by atoms with E-state index in [1.165, 1.54) is 15.9 Å². The zero-order valence-electron chi connectivity index (χ0n) is 10.4. The van der Waals surface area contributed by atoms with E-state index in [1.807, 2.05) is 7.05 Å². The Morgan fingerprint density at radius 3 is 2.53 bits per heavy atom. The standard InChI is InChI=1S/C12H17N5/c1-9-4-6-10(7-5-9)11(13-2)8-12-14-16-17(3)15-12/h4-7,11,13H,8H2,1-3H3. The third-order valence-electron chi connectivity index (χ3n) is 2.76. The number of aryl methyl sites for hydroxylation is 2. The van der Waals surface area contributed by atoms with Crippen molar-refractivity contribution in [3.63, 3.8) is 0 Å². The molecule has 1 aromatic carbocycles. The maximum absolute atomic E-state index is 4.20. The van der Waals surface area contributed by atoms with Gasteiger partial charge in [0.05, 0.1) is 7.05 Å². The van der Waals surface area contributed by atoms with Gasteiger partial charge in [-0.1, -0.05) is 29.8 Å². The number of rotatable bonds is 4. The van der Waals surface area contributed by atoms with E-state index in [0.29, 0.717) is 0 Å². The first-order chi connectivity index (χ1) is 8.19. The highest BCUT2D eigenvalue weighted by Crippen LogP contribution is 2.16. The first-order valence-electron chi connectivity index (χ1n) is 5.65. The van der Waals surface area contributed by atoms with Gasteiger partial charge in [-0.05, 0) is 24.7 Å². The van der Waals surface area contributed by atoms with Crippen LogP contribution in [-0.4, -0.2) is 27.3 Å². The van der Waals surface area contributed by atoms with Crippen molar-refractivity contribution in [2.24, 2.45) is 7.05 Å². The fraction of sp³-hybridized carbons (Fsp3) is 0.417. The van der Waals surface area contributed by atoms with Crippen molar-refractivity contribution in [2.75, 3.05) is 7.05 Å². The van der Waals surface area contributed by atoms with Crippen molar-refractivity contribution >= 4 is 0 Å². The van der Waals surface area contributed by atoms with Crippen LogP contribution in [-0.2, 0) is 13.5 Å². The van der Waals surface area contributed by atoms with E-state index in [9.17, 15) is 0 Å². The molecule has 1 N–H and O–H groups in total. The lowest BCUT2D eigenvalue weighted by molar-refractivity contribution is 0.570. The van der Waals surface area contributed by atoms with Gasteiger partial charge in [-0.2, -0.15) is 4.80 Å². The second-order valence-corrected chi connectivity index (χ2v) is 4.15. The molecule has 0 fully saturated rings. The van der Waals surface area contributed by atoms with E-state index in [1.54, 1.807) is 7.05 Å². The lowest BCUT2D eigenvalue weighted by Crippen LogP contribution is -2.19. The van der Waals surface area contributed by atoms with Gasteiger partial charge in [-0.15, -0.1) is 10.2 Å². The summed E-state index contributed by atoms with van der Waals surface area (Å²) in [5, 5.41) is 15.3. The lowest BCUT2D eigenvalue weighted by atomic mass is 10.0. The van der Waals surface area contributed by atoms with Crippen LogP contribution in [0.1, 0.15) is 23.0 Å². The molecule has 0 aliphatic rings. The van der Waals surface area contributed by atoms with Crippen molar-refractivity contribution in [1.29, 1.82) is 0 Å². The molecule has 1 aromatic heterocycles. The summed E-state index contributed by atoms with van der Waals surface area (Å²) in [6.07, 6.45) is 0.743. The zero-order chi connectivity index (χ0) is 12.3. The maximum atomic E-state index is 4.20. The fourth-order valence-corrected chi connectivity index (χ4v) is 1.77. The molecule has 5 heteroatoms. The van der Waals surface area contributed by atoms with Gasteiger partial charge < -0.3 is 5.32 Å². The molecule has 0 saturated heterocycles. The van der Waals surface area contributed by atoms with E-state index >= 15 is 0 Å². The Balaban J connectivity index is 2.13. The minimum absolute atomic E-state index is 0.222. The number of hydrogen-bond donors (Lipinski definition) is 1. The van der Waals surface area contributed by atoms with Crippen molar-refractivity contribution in [1.82, 2.24) is 25.5 Å². The van der Waals surface area contributed by atoms with Crippen molar-refractivity contribution < 1.29 is 0 Å². The minimum atomic E-state index is 0.222. The zero-order valence-corrected chi connectivity index (χ0v) is 10.4. The first kappa shape index (κ1) is 11.7. The highest BCUT2D eigenvalue weighted by molar-refractivity contribution is 5.24. The summed E-state index contributed by atoms with van der Waals surface area (Å²) in [6.45, 7) is 2.09. The highest BCUT2D eigenvalue weighted by atomic mass is 15.6. The Bertz CT molecular complexity index is 474. The van der Waals surface area contributed by atoms with Crippen LogP contribution >= 0.6 is 0 Å². The average Bonchev–Trinajstić information content (AvgIpc) is 2.73. The Morgan fingerprint density at radius 1 is 1.29 bits per heavy atom. The molecule has 1 unspecified atom stereocenters. The molecule has 2 rings (SSSR count). The Labute approximate surface area is 101 Å². The predicted octanol–water partition coefficient (Wildman–Crippen LogP) is 1.02. The van der Waals surface area contributed by atoms with Crippen LogP contribution < -0.4 is 5.32 Å². The molecule has 2 aromatic rings. The monoisotopic (exact) mass is 231 g/mol. The summed E-state index contributed by atoms with van der Waals surface area (Å²) in [5.41, 5.74) is 2.51. The van der Waals surface area contributed by atoms with Crippen LogP contribution in [0.25, 0.3) is 0 Å². The topological polar surface area (TPSA) is 55.6 Å². The van der Waals surface area contributed by atoms with Gasteiger partial charge in [0.2, 0.25) is 0 Å². The number of tetrazole rings is 1. The summed E-state index contributed by atoms with van der Waals surface area (Å²) >= 11 is 0. The molecule has 1 atom stereocenters. The van der Waals surface area contributed by atoms with Crippen molar-refractivity contribution in [3.8, 4) is 0 Å². The van der Waals surface area contributed by atoms with Crippen LogP contribution in [0.3, 0.4) is 0 Å². The van der Waals surface area contributed by atoms with Crippen molar-refractivity contribution in [3.05, 3.63) is 41.2 Å². The van der Waals surface area contributed by atoms with Gasteiger partial charge in [-0.3, -0.25) is 0 Å². The molecule has 5 nitrogen and oxygen atoms in total. The molecule has 0 spiro atoms. The van der Waals surface area contributed by atoms with Crippen LogP contribution in [0, 0.1) is 6.92 Å². The van der Waals surface area contributed by atoms with Crippen LogP contribution in [0.5, 0.6) is 0 Å². The Morgan fingerprint density at radius 2 is 2.00 bits per heavy atom. The van der Waals surface area contributed by atoms with E-state index in [-0.39, 0.29) is 6.04 Å². The van der Waals surface area contributed by atoms with Gasteiger partial charge in [0.25, 0.3) is 0 Å². The van der Waals surface area contributed by atoms with Crippen LogP contribution in [0.4, 0.5) is 0 Å². The SMILES string of the molecule is CNC(Cc1nnn(C)n1)c1ccc(C)cc1. The average molecular weight is 231 g/mol. The minimum Gasteiger partial charge on any atom is -0.313 e. The number of aromatic nitrogens is 4. The normalized spacial score (nSPS) is 12.6. The predicted molar refractivity (Wildman–Crippen MR) is 65.5 cm³/mol. The smallest absolute Gasteiger partial charge is 0.176 e. The summed E-state index contributed by atoms with van der Waals surface area (Å²) in [7, 11) is 3.72. The molecular weight excluding hydrogens is 214 g/mol. The third-order valence-corrected chi connectivity index (χ3v) is 2.76. The molecule has 90 valence electrons. The maximum Gasteiger partial charge on any atom is 0.176 e. The Hall–Kier alpha value is -1.75. The van der Waals surface area contributed by atoms with Crippen LogP contribution in [0.2, 0.25) is 0 Å². The summed E-state index contributed by atoms with van der Waals surface area (Å²) < 4.78 is 0. The van der Waals surface area contributed by atoms with Gasteiger partial charge in [-0.25, -0.2) is 0 Å². The first-order valence-corrected chi connectivity index (χ1v) is 5.65. The second kappa shape index (κ2) is 5.05. The highest BCUT2D eigenvalue weighted by Gasteiger charge is 2.12. The molecule has 0 saturated carbocycles. The molecule has 17 heavy (non-hydrogen) atoms. The van der Waals surface area contributed by atoms with Gasteiger partial charge in [0.1, 0.15) is 0 Å². The van der Waals surface area contributed by atoms with Gasteiger partial charge >= 0.3 is 0 Å². The van der Waals surface area contributed by atoms with E-state index in [2.05, 4.69) is 51.9 Å².